The van der Waals surface area contributed by atoms with E-state index in [1.807, 2.05) is 18.2 Å². The molecular formula is C14H16Br2N2O. The Morgan fingerprint density at radius 1 is 1.16 bits per heavy atom. The van der Waals surface area contributed by atoms with Crippen LogP contribution in [0.25, 0.3) is 0 Å². The van der Waals surface area contributed by atoms with E-state index in [4.69, 9.17) is 0 Å². The van der Waals surface area contributed by atoms with Crippen molar-refractivity contribution in [1.29, 1.82) is 0 Å². The van der Waals surface area contributed by atoms with Gasteiger partial charge in [0.15, 0.2) is 0 Å². The minimum absolute atomic E-state index is 0.0182. The summed E-state index contributed by atoms with van der Waals surface area (Å²) in [5.41, 5.74) is 0.700. The van der Waals surface area contributed by atoms with Crippen molar-refractivity contribution >= 4 is 37.8 Å². The molecule has 2 fully saturated rings. The molecule has 1 saturated carbocycles. The topological polar surface area (TPSA) is 32.3 Å². The maximum atomic E-state index is 12.2. The van der Waals surface area contributed by atoms with Crippen LogP contribution in [0.1, 0.15) is 29.6 Å². The molecule has 3 rings (SSSR count). The highest BCUT2D eigenvalue weighted by Gasteiger charge is 2.34. The third-order valence-corrected chi connectivity index (χ3v) is 4.66. The van der Waals surface area contributed by atoms with E-state index >= 15 is 0 Å². The molecule has 0 spiro atoms. The van der Waals surface area contributed by atoms with E-state index in [1.54, 1.807) is 0 Å². The summed E-state index contributed by atoms with van der Waals surface area (Å²) in [6.07, 6.45) is 3.73. The number of hydrogen-bond acceptors (Lipinski definition) is 2. The lowest BCUT2D eigenvalue weighted by atomic mass is 10.2. The molecule has 2 aliphatic rings. The van der Waals surface area contributed by atoms with Gasteiger partial charge in [-0.3, -0.25) is 9.69 Å². The molecule has 19 heavy (non-hydrogen) atoms. The Balaban J connectivity index is 1.61. The average Bonchev–Trinajstić information content (AvgIpc) is 3.09. The lowest BCUT2D eigenvalue weighted by Crippen LogP contribution is -2.37. The second kappa shape index (κ2) is 5.54. The second-order valence-electron chi connectivity index (χ2n) is 5.34. The molecule has 5 heteroatoms. The number of rotatable bonds is 3. The van der Waals surface area contributed by atoms with Gasteiger partial charge in [-0.15, -0.1) is 0 Å². The van der Waals surface area contributed by atoms with Gasteiger partial charge >= 0.3 is 0 Å². The minimum Gasteiger partial charge on any atom is -0.348 e. The summed E-state index contributed by atoms with van der Waals surface area (Å²) < 4.78 is 1.83. The first-order valence-electron chi connectivity index (χ1n) is 6.63. The molecule has 1 saturated heterocycles. The SMILES string of the molecule is O=C(NC1CCN(C2CC2)C1)c1cc(Br)cc(Br)c1. The monoisotopic (exact) mass is 386 g/mol. The van der Waals surface area contributed by atoms with E-state index in [-0.39, 0.29) is 5.91 Å². The Morgan fingerprint density at radius 2 is 1.84 bits per heavy atom. The first-order chi connectivity index (χ1) is 9.11. The van der Waals surface area contributed by atoms with Crippen molar-refractivity contribution < 1.29 is 4.79 Å². The molecule has 1 aliphatic carbocycles. The van der Waals surface area contributed by atoms with E-state index in [0.29, 0.717) is 11.6 Å². The molecule has 1 heterocycles. The van der Waals surface area contributed by atoms with Crippen molar-refractivity contribution in [3.8, 4) is 0 Å². The quantitative estimate of drug-likeness (QED) is 0.863. The van der Waals surface area contributed by atoms with Crippen LogP contribution in [0, 0.1) is 0 Å². The molecule has 1 unspecified atom stereocenters. The van der Waals surface area contributed by atoms with Gasteiger partial charge in [0, 0.05) is 39.7 Å². The predicted octanol–water partition coefficient (Wildman–Crippen LogP) is 3.18. The average molecular weight is 388 g/mol. The van der Waals surface area contributed by atoms with Gasteiger partial charge in [-0.05, 0) is 37.5 Å². The first kappa shape index (κ1) is 13.6. The highest BCUT2D eigenvalue weighted by Crippen LogP contribution is 2.30. The molecular weight excluding hydrogens is 372 g/mol. The molecule has 1 aromatic rings. The van der Waals surface area contributed by atoms with Crippen LogP contribution >= 0.6 is 31.9 Å². The van der Waals surface area contributed by atoms with Crippen LogP contribution in [0.15, 0.2) is 27.1 Å². The lowest BCUT2D eigenvalue weighted by molar-refractivity contribution is 0.0937. The Bertz CT molecular complexity index is 482. The maximum absolute atomic E-state index is 12.2. The molecule has 1 aliphatic heterocycles. The predicted molar refractivity (Wildman–Crippen MR) is 82.3 cm³/mol. The van der Waals surface area contributed by atoms with Crippen LogP contribution in [-0.2, 0) is 0 Å². The van der Waals surface area contributed by atoms with Gasteiger partial charge in [-0.25, -0.2) is 0 Å². The number of nitrogens with zero attached hydrogens (tertiary/aromatic N) is 1. The van der Waals surface area contributed by atoms with Crippen LogP contribution in [0.3, 0.4) is 0 Å². The first-order valence-corrected chi connectivity index (χ1v) is 8.21. The summed E-state index contributed by atoms with van der Waals surface area (Å²) in [7, 11) is 0. The van der Waals surface area contributed by atoms with Crippen molar-refractivity contribution in [1.82, 2.24) is 10.2 Å². The summed E-state index contributed by atoms with van der Waals surface area (Å²) in [5.74, 6) is 0.0182. The number of carbonyl (C=O) groups excluding carboxylic acids is 1. The fourth-order valence-corrected chi connectivity index (χ4v) is 3.92. The van der Waals surface area contributed by atoms with E-state index in [1.165, 1.54) is 12.8 Å². The molecule has 1 N–H and O–H groups in total. The van der Waals surface area contributed by atoms with Gasteiger partial charge in [0.25, 0.3) is 5.91 Å². The van der Waals surface area contributed by atoms with Crippen LogP contribution in [-0.4, -0.2) is 36.0 Å². The van der Waals surface area contributed by atoms with Crippen molar-refractivity contribution in [2.45, 2.75) is 31.3 Å². The molecule has 1 atom stereocenters. The molecule has 0 radical (unpaired) electrons. The third-order valence-electron chi connectivity index (χ3n) is 3.74. The van der Waals surface area contributed by atoms with E-state index < -0.39 is 0 Å². The Kier molecular flexibility index (Phi) is 3.96. The van der Waals surface area contributed by atoms with E-state index in [2.05, 4.69) is 42.1 Å². The molecule has 102 valence electrons. The smallest absolute Gasteiger partial charge is 0.251 e. The zero-order valence-electron chi connectivity index (χ0n) is 10.5. The van der Waals surface area contributed by atoms with E-state index in [0.717, 1.165) is 34.5 Å². The Labute approximate surface area is 130 Å². The number of benzene rings is 1. The molecule has 0 aromatic heterocycles. The van der Waals surface area contributed by atoms with Crippen molar-refractivity contribution in [2.24, 2.45) is 0 Å². The van der Waals surface area contributed by atoms with E-state index in [9.17, 15) is 4.79 Å². The van der Waals surface area contributed by atoms with Gasteiger partial charge in [-0.2, -0.15) is 0 Å². The van der Waals surface area contributed by atoms with Gasteiger partial charge < -0.3 is 5.32 Å². The van der Waals surface area contributed by atoms with Crippen molar-refractivity contribution in [3.63, 3.8) is 0 Å². The minimum atomic E-state index is 0.0182. The Morgan fingerprint density at radius 3 is 2.47 bits per heavy atom. The number of amides is 1. The molecule has 3 nitrogen and oxygen atoms in total. The number of nitrogens with one attached hydrogen (secondary N) is 1. The highest BCUT2D eigenvalue weighted by molar-refractivity contribution is 9.11. The number of carbonyl (C=O) groups is 1. The van der Waals surface area contributed by atoms with Crippen molar-refractivity contribution in [3.05, 3.63) is 32.7 Å². The lowest BCUT2D eigenvalue weighted by Gasteiger charge is -2.16. The largest absolute Gasteiger partial charge is 0.348 e. The summed E-state index contributed by atoms with van der Waals surface area (Å²) >= 11 is 6.83. The van der Waals surface area contributed by atoms with Crippen LogP contribution in [0.2, 0.25) is 0 Å². The maximum Gasteiger partial charge on any atom is 0.251 e. The summed E-state index contributed by atoms with van der Waals surface area (Å²) in [5, 5.41) is 3.14. The summed E-state index contributed by atoms with van der Waals surface area (Å²) in [4.78, 5) is 14.7. The zero-order valence-corrected chi connectivity index (χ0v) is 13.7. The third kappa shape index (κ3) is 3.38. The summed E-state index contributed by atoms with van der Waals surface area (Å²) in [6, 6.07) is 6.73. The fourth-order valence-electron chi connectivity index (χ4n) is 2.63. The van der Waals surface area contributed by atoms with Crippen molar-refractivity contribution in [2.75, 3.05) is 13.1 Å². The van der Waals surface area contributed by atoms with Gasteiger partial charge in [0.2, 0.25) is 0 Å². The number of halogens is 2. The normalized spacial score (nSPS) is 23.6. The molecule has 1 aromatic carbocycles. The molecule has 1 amide bonds. The number of hydrogen-bond donors (Lipinski definition) is 1. The number of likely N-dealkylation sites (tertiary alicyclic amines) is 1. The van der Waals surface area contributed by atoms with Crippen LogP contribution in [0.5, 0.6) is 0 Å². The summed E-state index contributed by atoms with van der Waals surface area (Å²) in [6.45, 7) is 2.13. The van der Waals surface area contributed by atoms with Crippen LogP contribution in [0.4, 0.5) is 0 Å². The Hall–Kier alpha value is -0.390. The van der Waals surface area contributed by atoms with Crippen LogP contribution < -0.4 is 5.32 Å². The zero-order chi connectivity index (χ0) is 13.4. The van der Waals surface area contributed by atoms with Gasteiger partial charge in [0.1, 0.15) is 0 Å². The van der Waals surface area contributed by atoms with Gasteiger partial charge in [0.05, 0.1) is 0 Å². The second-order valence-corrected chi connectivity index (χ2v) is 7.17. The molecule has 0 bridgehead atoms. The fraction of sp³-hybridized carbons (Fsp3) is 0.500. The standard InChI is InChI=1S/C14H16Br2N2O/c15-10-5-9(6-11(16)7-10)14(19)17-12-3-4-18(8-12)13-1-2-13/h5-7,12-13H,1-4,8H2,(H,17,19). The van der Waals surface area contributed by atoms with Gasteiger partial charge in [-0.1, -0.05) is 31.9 Å². The highest BCUT2D eigenvalue weighted by atomic mass is 79.9.